The van der Waals surface area contributed by atoms with Crippen molar-refractivity contribution in [2.75, 3.05) is 0 Å². The smallest absolute Gasteiger partial charge is 0.303 e. The van der Waals surface area contributed by atoms with E-state index in [1.54, 1.807) is 35.6 Å². The van der Waals surface area contributed by atoms with Gasteiger partial charge in [-0.25, -0.2) is 9.48 Å². The van der Waals surface area contributed by atoms with E-state index in [9.17, 15) is 14.4 Å². The van der Waals surface area contributed by atoms with Crippen molar-refractivity contribution in [3.05, 3.63) is 115 Å². The molecular formula is C26H19N5O3S. The number of hydrogen-bond acceptors (Lipinski definition) is 5. The lowest BCUT2D eigenvalue weighted by Crippen LogP contribution is -2.30. The first kappa shape index (κ1) is 22.1. The first-order valence-corrected chi connectivity index (χ1v) is 11.7. The van der Waals surface area contributed by atoms with Gasteiger partial charge in [0.1, 0.15) is 5.70 Å². The van der Waals surface area contributed by atoms with Crippen molar-refractivity contribution in [1.82, 2.24) is 20.0 Å². The van der Waals surface area contributed by atoms with Gasteiger partial charge >= 0.3 is 6.03 Å². The summed E-state index contributed by atoms with van der Waals surface area (Å²) in [6, 6.07) is 21.2. The van der Waals surface area contributed by atoms with Crippen LogP contribution in [-0.2, 0) is 17.8 Å². The van der Waals surface area contributed by atoms with Crippen LogP contribution in [0.1, 0.15) is 27.3 Å². The summed E-state index contributed by atoms with van der Waals surface area (Å²) in [5, 5.41) is 16.7. The maximum atomic E-state index is 13.4. The van der Waals surface area contributed by atoms with E-state index in [0.717, 1.165) is 9.78 Å². The van der Waals surface area contributed by atoms with E-state index < -0.39 is 11.9 Å². The molecule has 0 unspecified atom stereocenters. The minimum Gasteiger partial charge on any atom is -0.303 e. The van der Waals surface area contributed by atoms with Crippen molar-refractivity contribution >= 4 is 29.4 Å². The first-order valence-electron chi connectivity index (χ1n) is 10.8. The second-order valence-electron chi connectivity index (χ2n) is 7.92. The molecule has 2 aromatic heterocycles. The standard InChI is InChI=1S/C26H19N5O3S/c27-15-17-8-10-18(11-9-17)16-30-25(33)23(28-26(30)34)14-21-22(13-20-7-4-12-35-20)29-31(24(21)32)19-5-2-1-3-6-19/h1-12,14,29H,13,16H2,(H,28,34). The normalized spacial score (nSPS) is 14.4. The molecule has 35 heavy (non-hydrogen) atoms. The number of carbonyl (C=O) groups is 2. The Balaban J connectivity index is 1.49. The number of hydrogen-bond donors (Lipinski definition) is 2. The number of amides is 3. The Morgan fingerprint density at radius 1 is 0.971 bits per heavy atom. The van der Waals surface area contributed by atoms with Gasteiger partial charge in [-0.15, -0.1) is 11.3 Å². The van der Waals surface area contributed by atoms with Gasteiger partial charge in [-0.05, 0) is 47.4 Å². The predicted molar refractivity (Wildman–Crippen MR) is 132 cm³/mol. The van der Waals surface area contributed by atoms with Gasteiger partial charge in [0, 0.05) is 11.3 Å². The summed E-state index contributed by atoms with van der Waals surface area (Å²) in [5.74, 6) is -0.520. The fraction of sp³-hybridized carbons (Fsp3) is 0.0769. The van der Waals surface area contributed by atoms with Crippen LogP contribution in [0.25, 0.3) is 11.8 Å². The molecule has 3 amide bonds. The Hall–Kier alpha value is -4.68. The molecule has 0 saturated carbocycles. The number of aromatic amines is 1. The Kier molecular flexibility index (Phi) is 5.87. The summed E-state index contributed by atoms with van der Waals surface area (Å²) < 4.78 is 1.44. The van der Waals surface area contributed by atoms with Crippen LogP contribution >= 0.6 is 11.3 Å². The molecule has 172 valence electrons. The van der Waals surface area contributed by atoms with E-state index in [1.165, 1.54) is 10.8 Å². The number of rotatable bonds is 6. The highest BCUT2D eigenvalue weighted by atomic mass is 32.1. The number of para-hydroxylation sites is 1. The number of thiophene rings is 1. The minimum atomic E-state index is -0.565. The van der Waals surface area contributed by atoms with E-state index in [4.69, 9.17) is 5.26 Å². The molecule has 1 saturated heterocycles. The van der Waals surface area contributed by atoms with Crippen LogP contribution in [-0.4, -0.2) is 26.6 Å². The topological polar surface area (TPSA) is 111 Å². The zero-order chi connectivity index (χ0) is 24.4. The number of aromatic nitrogens is 2. The van der Waals surface area contributed by atoms with Crippen molar-refractivity contribution in [3.8, 4) is 11.8 Å². The Labute approximate surface area is 204 Å². The molecule has 8 nitrogen and oxygen atoms in total. The zero-order valence-electron chi connectivity index (χ0n) is 18.4. The molecule has 2 N–H and O–H groups in total. The predicted octanol–water partition coefficient (Wildman–Crippen LogP) is 3.78. The number of imide groups is 1. The molecule has 4 aromatic rings. The van der Waals surface area contributed by atoms with Gasteiger partial charge in [-0.2, -0.15) is 5.26 Å². The largest absolute Gasteiger partial charge is 0.329 e. The number of benzene rings is 2. The summed E-state index contributed by atoms with van der Waals surface area (Å²) in [6.45, 7) is 0.0527. The summed E-state index contributed by atoms with van der Waals surface area (Å²) in [6.07, 6.45) is 1.92. The van der Waals surface area contributed by atoms with E-state index in [1.807, 2.05) is 53.9 Å². The lowest BCUT2D eigenvalue weighted by Gasteiger charge is -2.11. The quantitative estimate of drug-likeness (QED) is 0.322. The molecule has 0 aliphatic carbocycles. The van der Waals surface area contributed by atoms with E-state index >= 15 is 0 Å². The van der Waals surface area contributed by atoms with Gasteiger partial charge in [0.15, 0.2) is 0 Å². The summed E-state index contributed by atoms with van der Waals surface area (Å²) >= 11 is 1.57. The number of urea groups is 1. The van der Waals surface area contributed by atoms with E-state index in [-0.39, 0.29) is 17.8 Å². The molecule has 9 heteroatoms. The first-order chi connectivity index (χ1) is 17.0. The Morgan fingerprint density at radius 2 is 1.74 bits per heavy atom. The van der Waals surface area contributed by atoms with Gasteiger partial charge in [0.25, 0.3) is 11.5 Å². The van der Waals surface area contributed by atoms with Gasteiger partial charge in [0.05, 0.1) is 35.1 Å². The highest BCUT2D eigenvalue weighted by molar-refractivity contribution is 7.09. The van der Waals surface area contributed by atoms with Gasteiger partial charge < -0.3 is 5.32 Å². The van der Waals surface area contributed by atoms with Crippen LogP contribution in [0.3, 0.4) is 0 Å². The molecule has 1 fully saturated rings. The van der Waals surface area contributed by atoms with Crippen LogP contribution < -0.4 is 10.9 Å². The summed E-state index contributed by atoms with van der Waals surface area (Å²) in [5.41, 5.74) is 2.54. The highest BCUT2D eigenvalue weighted by Crippen LogP contribution is 2.21. The molecule has 0 bridgehead atoms. The van der Waals surface area contributed by atoms with Gasteiger partial charge in [0.2, 0.25) is 0 Å². The van der Waals surface area contributed by atoms with Crippen molar-refractivity contribution in [2.24, 2.45) is 0 Å². The molecule has 2 aromatic carbocycles. The molecule has 1 aliphatic heterocycles. The number of nitrogens with zero attached hydrogens (tertiary/aromatic N) is 3. The summed E-state index contributed by atoms with van der Waals surface area (Å²) in [7, 11) is 0. The van der Waals surface area contributed by atoms with E-state index in [2.05, 4.69) is 10.4 Å². The number of H-pyrrole nitrogens is 1. The molecule has 0 radical (unpaired) electrons. The third-order valence-corrected chi connectivity index (χ3v) is 6.50. The number of nitriles is 1. The molecule has 0 spiro atoms. The van der Waals surface area contributed by atoms with Crippen molar-refractivity contribution in [1.29, 1.82) is 5.26 Å². The third-order valence-electron chi connectivity index (χ3n) is 5.63. The van der Waals surface area contributed by atoms with Crippen molar-refractivity contribution in [3.63, 3.8) is 0 Å². The molecule has 0 atom stereocenters. The highest BCUT2D eigenvalue weighted by Gasteiger charge is 2.34. The Bertz CT molecular complexity index is 1520. The molecule has 5 rings (SSSR count). The number of carbonyl (C=O) groups excluding carboxylic acids is 2. The summed E-state index contributed by atoms with van der Waals surface area (Å²) in [4.78, 5) is 41.1. The fourth-order valence-corrected chi connectivity index (χ4v) is 4.57. The van der Waals surface area contributed by atoms with Crippen molar-refractivity contribution in [2.45, 2.75) is 13.0 Å². The molecule has 3 heterocycles. The second kappa shape index (κ2) is 9.29. The lowest BCUT2D eigenvalue weighted by atomic mass is 10.1. The monoisotopic (exact) mass is 481 g/mol. The molecule has 1 aliphatic rings. The SMILES string of the molecule is N#Cc1ccc(CN2C(=O)NC(=Cc3c(Cc4cccs4)[nH]n(-c4ccccc4)c3=O)C2=O)cc1. The third kappa shape index (κ3) is 4.43. The Morgan fingerprint density at radius 3 is 2.43 bits per heavy atom. The maximum Gasteiger partial charge on any atom is 0.329 e. The van der Waals surface area contributed by atoms with Crippen LogP contribution in [0.2, 0.25) is 0 Å². The lowest BCUT2D eigenvalue weighted by molar-refractivity contribution is -0.123. The second-order valence-corrected chi connectivity index (χ2v) is 8.96. The molecular weight excluding hydrogens is 462 g/mol. The van der Waals surface area contributed by atoms with Gasteiger partial charge in [-0.3, -0.25) is 19.6 Å². The van der Waals surface area contributed by atoms with Crippen LogP contribution in [0.15, 0.2) is 82.6 Å². The zero-order valence-corrected chi connectivity index (χ0v) is 19.2. The number of nitrogens with one attached hydrogen (secondary N) is 2. The fourth-order valence-electron chi connectivity index (χ4n) is 3.85. The van der Waals surface area contributed by atoms with E-state index in [0.29, 0.717) is 34.5 Å². The van der Waals surface area contributed by atoms with Crippen LogP contribution in [0.5, 0.6) is 0 Å². The van der Waals surface area contributed by atoms with Gasteiger partial charge in [-0.1, -0.05) is 36.4 Å². The van der Waals surface area contributed by atoms with Crippen LogP contribution in [0.4, 0.5) is 4.79 Å². The van der Waals surface area contributed by atoms with Crippen molar-refractivity contribution < 1.29 is 9.59 Å². The minimum absolute atomic E-state index is 0.0346. The van der Waals surface area contributed by atoms with Crippen LogP contribution in [0, 0.1) is 11.3 Å². The maximum absolute atomic E-state index is 13.4. The average Bonchev–Trinajstić information content (AvgIpc) is 3.57. The average molecular weight is 482 g/mol.